The Bertz CT molecular complexity index is 965. The summed E-state index contributed by atoms with van der Waals surface area (Å²) in [4.78, 5) is 37.5. The number of aliphatic carboxylic acids is 1. The Hall–Kier alpha value is -2.67. The lowest BCUT2D eigenvalue weighted by Gasteiger charge is -2.36. The molecular weight excluding hydrogens is 412 g/mol. The standard InChI is InChI=1S/C24H30N2O4S/c1-4-24(2,3)15-10-11-17-18(14-15)31-23(26-19(27)12-13-20(28)29)21(17)22(30)25-16-8-6-5-7-9-16/h5-9,15H,4,10-14H2,1-3H3,(H,25,30)(H,26,27)(H,28,29)/t15-/m0/s1. The number of rotatable bonds is 8. The van der Waals surface area contributed by atoms with Gasteiger partial charge in [-0.25, -0.2) is 0 Å². The van der Waals surface area contributed by atoms with E-state index in [1.165, 1.54) is 11.3 Å². The zero-order valence-electron chi connectivity index (χ0n) is 18.3. The summed E-state index contributed by atoms with van der Waals surface area (Å²) in [6.07, 6.45) is 3.40. The fourth-order valence-corrected chi connectivity index (χ4v) is 5.34. The minimum absolute atomic E-state index is 0.122. The van der Waals surface area contributed by atoms with E-state index in [1.54, 1.807) is 0 Å². The van der Waals surface area contributed by atoms with Crippen molar-refractivity contribution in [2.75, 3.05) is 10.6 Å². The fourth-order valence-electron chi connectivity index (χ4n) is 3.99. The van der Waals surface area contributed by atoms with Crippen molar-refractivity contribution in [3.8, 4) is 0 Å². The summed E-state index contributed by atoms with van der Waals surface area (Å²) in [7, 11) is 0. The fraction of sp³-hybridized carbons (Fsp3) is 0.458. The third-order valence-corrected chi connectivity index (χ3v) is 7.53. The molecule has 166 valence electrons. The molecule has 1 aromatic carbocycles. The summed E-state index contributed by atoms with van der Waals surface area (Å²) in [5.41, 5.74) is 2.42. The Kier molecular flexibility index (Phi) is 7.15. The first kappa shape index (κ1) is 23.0. The van der Waals surface area contributed by atoms with E-state index in [1.807, 2.05) is 30.3 Å². The zero-order valence-corrected chi connectivity index (χ0v) is 19.1. The van der Waals surface area contributed by atoms with Crippen molar-refractivity contribution in [2.24, 2.45) is 11.3 Å². The number of benzene rings is 1. The topological polar surface area (TPSA) is 95.5 Å². The highest BCUT2D eigenvalue weighted by Crippen LogP contribution is 2.45. The molecule has 1 aliphatic carbocycles. The van der Waals surface area contributed by atoms with Crippen LogP contribution in [0.15, 0.2) is 30.3 Å². The normalized spacial score (nSPS) is 15.8. The number of thiophene rings is 1. The van der Waals surface area contributed by atoms with Gasteiger partial charge in [-0.2, -0.15) is 0 Å². The van der Waals surface area contributed by atoms with Gasteiger partial charge < -0.3 is 15.7 Å². The number of anilines is 2. The van der Waals surface area contributed by atoms with E-state index in [0.29, 0.717) is 22.2 Å². The smallest absolute Gasteiger partial charge is 0.303 e. The predicted molar refractivity (Wildman–Crippen MR) is 124 cm³/mol. The average Bonchev–Trinajstić information content (AvgIpc) is 3.10. The maximum Gasteiger partial charge on any atom is 0.303 e. The van der Waals surface area contributed by atoms with Crippen LogP contribution in [0.3, 0.4) is 0 Å². The molecule has 0 fully saturated rings. The van der Waals surface area contributed by atoms with Gasteiger partial charge in [0.05, 0.1) is 12.0 Å². The highest BCUT2D eigenvalue weighted by molar-refractivity contribution is 7.17. The number of carbonyl (C=O) groups is 3. The SMILES string of the molecule is CCC(C)(C)[C@H]1CCc2c(sc(NC(=O)CCC(=O)O)c2C(=O)Nc2ccccc2)C1. The lowest BCUT2D eigenvalue weighted by molar-refractivity contribution is -0.138. The molecule has 0 unspecified atom stereocenters. The molecule has 2 aromatic rings. The van der Waals surface area contributed by atoms with Gasteiger partial charge in [0, 0.05) is 17.0 Å². The molecule has 0 saturated heterocycles. The minimum atomic E-state index is -1.02. The van der Waals surface area contributed by atoms with E-state index in [2.05, 4.69) is 31.4 Å². The number of fused-ring (bicyclic) bond motifs is 1. The lowest BCUT2D eigenvalue weighted by atomic mass is 9.69. The molecule has 1 aliphatic rings. The summed E-state index contributed by atoms with van der Waals surface area (Å²) in [6.45, 7) is 6.78. The quantitative estimate of drug-likeness (QED) is 0.514. The van der Waals surface area contributed by atoms with Crippen LogP contribution >= 0.6 is 11.3 Å². The number of hydrogen-bond donors (Lipinski definition) is 3. The molecule has 0 aliphatic heterocycles. The van der Waals surface area contributed by atoms with Crippen LogP contribution in [0.25, 0.3) is 0 Å². The summed E-state index contributed by atoms with van der Waals surface area (Å²) >= 11 is 1.45. The van der Waals surface area contributed by atoms with Crippen LogP contribution in [-0.4, -0.2) is 22.9 Å². The minimum Gasteiger partial charge on any atom is -0.481 e. The van der Waals surface area contributed by atoms with Crippen molar-refractivity contribution in [1.29, 1.82) is 0 Å². The number of carboxylic acids is 1. The highest BCUT2D eigenvalue weighted by atomic mass is 32.1. The van der Waals surface area contributed by atoms with E-state index in [9.17, 15) is 14.4 Å². The number of amides is 2. The van der Waals surface area contributed by atoms with Crippen LogP contribution in [0.1, 0.15) is 67.3 Å². The van der Waals surface area contributed by atoms with Crippen molar-refractivity contribution < 1.29 is 19.5 Å². The van der Waals surface area contributed by atoms with Crippen LogP contribution < -0.4 is 10.6 Å². The van der Waals surface area contributed by atoms with Gasteiger partial charge in [0.15, 0.2) is 0 Å². The molecule has 3 rings (SSSR count). The van der Waals surface area contributed by atoms with E-state index in [0.717, 1.165) is 36.1 Å². The van der Waals surface area contributed by atoms with Crippen molar-refractivity contribution in [3.05, 3.63) is 46.3 Å². The van der Waals surface area contributed by atoms with Crippen molar-refractivity contribution in [3.63, 3.8) is 0 Å². The summed E-state index contributed by atoms with van der Waals surface area (Å²) in [6, 6.07) is 9.23. The van der Waals surface area contributed by atoms with Crippen molar-refractivity contribution >= 4 is 39.8 Å². The molecule has 1 atom stereocenters. The number of hydrogen-bond acceptors (Lipinski definition) is 4. The van der Waals surface area contributed by atoms with E-state index in [-0.39, 0.29) is 30.1 Å². The molecule has 0 saturated carbocycles. The van der Waals surface area contributed by atoms with Gasteiger partial charge in [-0.3, -0.25) is 14.4 Å². The summed E-state index contributed by atoms with van der Waals surface area (Å²) in [5, 5.41) is 15.1. The molecule has 0 radical (unpaired) electrons. The maximum absolute atomic E-state index is 13.2. The second kappa shape index (κ2) is 9.64. The monoisotopic (exact) mass is 442 g/mol. The van der Waals surface area contributed by atoms with E-state index < -0.39 is 5.97 Å². The first-order chi connectivity index (χ1) is 14.7. The second-order valence-electron chi connectivity index (χ2n) is 8.75. The first-order valence-electron chi connectivity index (χ1n) is 10.7. The Morgan fingerprint density at radius 3 is 2.48 bits per heavy atom. The highest BCUT2D eigenvalue weighted by Gasteiger charge is 2.35. The molecular formula is C24H30N2O4S. The Morgan fingerprint density at radius 2 is 1.84 bits per heavy atom. The third kappa shape index (κ3) is 5.53. The van der Waals surface area contributed by atoms with Crippen LogP contribution in [-0.2, 0) is 22.4 Å². The zero-order chi connectivity index (χ0) is 22.6. The molecule has 1 aromatic heterocycles. The van der Waals surface area contributed by atoms with Gasteiger partial charge in [0.25, 0.3) is 5.91 Å². The summed E-state index contributed by atoms with van der Waals surface area (Å²) in [5.74, 6) is -1.14. The molecule has 6 nitrogen and oxygen atoms in total. The van der Waals surface area contributed by atoms with Gasteiger partial charge in [0.1, 0.15) is 5.00 Å². The largest absolute Gasteiger partial charge is 0.481 e. The van der Waals surface area contributed by atoms with E-state index in [4.69, 9.17) is 5.11 Å². The average molecular weight is 443 g/mol. The second-order valence-corrected chi connectivity index (χ2v) is 9.86. The Morgan fingerprint density at radius 1 is 1.13 bits per heavy atom. The number of para-hydroxylation sites is 1. The number of carbonyl (C=O) groups excluding carboxylic acids is 2. The van der Waals surface area contributed by atoms with Crippen molar-refractivity contribution in [2.45, 2.75) is 59.3 Å². The Labute approximate surface area is 187 Å². The molecule has 0 bridgehead atoms. The van der Waals surface area contributed by atoms with Gasteiger partial charge in [-0.1, -0.05) is 45.4 Å². The van der Waals surface area contributed by atoms with Gasteiger partial charge in [0.2, 0.25) is 5.91 Å². The third-order valence-electron chi connectivity index (χ3n) is 6.36. The molecule has 31 heavy (non-hydrogen) atoms. The summed E-state index contributed by atoms with van der Waals surface area (Å²) < 4.78 is 0. The van der Waals surface area contributed by atoms with Crippen LogP contribution in [0, 0.1) is 11.3 Å². The molecule has 0 spiro atoms. The number of carboxylic acid groups (broad SMARTS) is 1. The van der Waals surface area contributed by atoms with Crippen LogP contribution in [0.4, 0.5) is 10.7 Å². The van der Waals surface area contributed by atoms with Crippen LogP contribution in [0.2, 0.25) is 0 Å². The molecule has 7 heteroatoms. The molecule has 1 heterocycles. The molecule has 3 N–H and O–H groups in total. The van der Waals surface area contributed by atoms with Crippen LogP contribution in [0.5, 0.6) is 0 Å². The maximum atomic E-state index is 13.2. The lowest BCUT2D eigenvalue weighted by Crippen LogP contribution is -2.29. The predicted octanol–water partition coefficient (Wildman–Crippen LogP) is 5.34. The molecule has 2 amide bonds. The van der Waals surface area contributed by atoms with Gasteiger partial charge in [-0.05, 0) is 48.3 Å². The Balaban J connectivity index is 1.90. The van der Waals surface area contributed by atoms with Gasteiger partial charge in [-0.15, -0.1) is 11.3 Å². The first-order valence-corrected chi connectivity index (χ1v) is 11.6. The van der Waals surface area contributed by atoms with Crippen molar-refractivity contribution in [1.82, 2.24) is 0 Å². The van der Waals surface area contributed by atoms with E-state index >= 15 is 0 Å². The van der Waals surface area contributed by atoms with Gasteiger partial charge >= 0.3 is 5.97 Å². The number of nitrogens with one attached hydrogen (secondary N) is 2.